The SMILES string of the molecule is CCc1ccc(C(=O)N(C)c2ccccc2C(=O)O)o1. The number of carboxylic acid groups (broad SMARTS) is 1. The predicted molar refractivity (Wildman–Crippen MR) is 74.2 cm³/mol. The fourth-order valence-corrected chi connectivity index (χ4v) is 1.90. The molecule has 0 saturated heterocycles. The van der Waals surface area contributed by atoms with Crippen molar-refractivity contribution in [2.24, 2.45) is 0 Å². The molecular weight excluding hydrogens is 258 g/mol. The topological polar surface area (TPSA) is 70.8 Å². The van der Waals surface area contributed by atoms with Crippen LogP contribution < -0.4 is 4.90 Å². The van der Waals surface area contributed by atoms with Crippen molar-refractivity contribution in [3.8, 4) is 0 Å². The number of anilines is 1. The van der Waals surface area contributed by atoms with Crippen LogP contribution >= 0.6 is 0 Å². The minimum Gasteiger partial charge on any atom is -0.478 e. The van der Waals surface area contributed by atoms with E-state index in [-0.39, 0.29) is 17.2 Å². The average Bonchev–Trinajstić information content (AvgIpc) is 2.94. The van der Waals surface area contributed by atoms with E-state index in [0.29, 0.717) is 17.9 Å². The van der Waals surface area contributed by atoms with Gasteiger partial charge in [0.05, 0.1) is 11.3 Å². The van der Waals surface area contributed by atoms with E-state index in [2.05, 4.69) is 0 Å². The third kappa shape index (κ3) is 2.56. The Bertz CT molecular complexity index is 645. The van der Waals surface area contributed by atoms with Gasteiger partial charge in [-0.2, -0.15) is 0 Å². The number of rotatable bonds is 4. The predicted octanol–water partition coefficient (Wildman–Crippen LogP) is 2.82. The molecule has 20 heavy (non-hydrogen) atoms. The number of nitrogens with zero attached hydrogens (tertiary/aromatic N) is 1. The maximum Gasteiger partial charge on any atom is 0.337 e. The Morgan fingerprint density at radius 3 is 2.50 bits per heavy atom. The van der Waals surface area contributed by atoms with Crippen LogP contribution in [0.15, 0.2) is 40.8 Å². The lowest BCUT2D eigenvalue weighted by molar-refractivity contribution is 0.0697. The van der Waals surface area contributed by atoms with Crippen molar-refractivity contribution in [3.63, 3.8) is 0 Å². The molecule has 0 radical (unpaired) electrons. The number of carbonyl (C=O) groups is 2. The first-order valence-electron chi connectivity index (χ1n) is 6.23. The second-order valence-corrected chi connectivity index (χ2v) is 4.31. The van der Waals surface area contributed by atoms with E-state index in [1.807, 2.05) is 6.92 Å². The molecule has 0 aliphatic rings. The van der Waals surface area contributed by atoms with Crippen molar-refractivity contribution in [1.29, 1.82) is 0 Å². The standard InChI is InChI=1S/C15H15NO4/c1-3-10-8-9-13(20-10)14(17)16(2)12-7-5-4-6-11(12)15(18)19/h4-9H,3H2,1-2H3,(H,18,19). The van der Waals surface area contributed by atoms with Gasteiger partial charge in [0.25, 0.3) is 5.91 Å². The van der Waals surface area contributed by atoms with Crippen molar-refractivity contribution in [2.45, 2.75) is 13.3 Å². The van der Waals surface area contributed by atoms with Gasteiger partial charge < -0.3 is 14.4 Å². The highest BCUT2D eigenvalue weighted by Crippen LogP contribution is 2.21. The van der Waals surface area contributed by atoms with Gasteiger partial charge >= 0.3 is 5.97 Å². The summed E-state index contributed by atoms with van der Waals surface area (Å²) in [4.78, 5) is 24.7. The van der Waals surface area contributed by atoms with Gasteiger partial charge in [0.15, 0.2) is 5.76 Å². The smallest absolute Gasteiger partial charge is 0.337 e. The molecule has 2 rings (SSSR count). The molecule has 2 aromatic rings. The summed E-state index contributed by atoms with van der Waals surface area (Å²) in [6.07, 6.45) is 0.697. The third-order valence-corrected chi connectivity index (χ3v) is 3.02. The Labute approximate surface area is 116 Å². The van der Waals surface area contributed by atoms with E-state index >= 15 is 0 Å². The van der Waals surface area contributed by atoms with Crippen LogP contribution in [0.25, 0.3) is 0 Å². The number of para-hydroxylation sites is 1. The molecule has 1 aromatic carbocycles. The molecule has 104 valence electrons. The average molecular weight is 273 g/mol. The van der Waals surface area contributed by atoms with Gasteiger partial charge in [0.1, 0.15) is 5.76 Å². The van der Waals surface area contributed by atoms with Crippen molar-refractivity contribution in [1.82, 2.24) is 0 Å². The molecular formula is C15H15NO4. The van der Waals surface area contributed by atoms with Crippen LogP contribution in [0.2, 0.25) is 0 Å². The summed E-state index contributed by atoms with van der Waals surface area (Å²) < 4.78 is 5.40. The number of carboxylic acids is 1. The minimum atomic E-state index is -1.08. The second kappa shape index (κ2) is 5.61. The molecule has 0 unspecified atom stereocenters. The number of aryl methyl sites for hydroxylation is 1. The highest BCUT2D eigenvalue weighted by molar-refractivity contribution is 6.07. The minimum absolute atomic E-state index is 0.0746. The summed E-state index contributed by atoms with van der Waals surface area (Å²) in [5.41, 5.74) is 0.407. The lowest BCUT2D eigenvalue weighted by atomic mass is 10.1. The van der Waals surface area contributed by atoms with Crippen molar-refractivity contribution < 1.29 is 19.1 Å². The van der Waals surface area contributed by atoms with E-state index in [9.17, 15) is 9.59 Å². The molecule has 1 heterocycles. The van der Waals surface area contributed by atoms with Crippen LogP contribution in [0, 0.1) is 0 Å². The van der Waals surface area contributed by atoms with Gasteiger partial charge in [-0.25, -0.2) is 4.79 Å². The fourth-order valence-electron chi connectivity index (χ4n) is 1.90. The van der Waals surface area contributed by atoms with Crippen molar-refractivity contribution in [2.75, 3.05) is 11.9 Å². The molecule has 1 aromatic heterocycles. The van der Waals surface area contributed by atoms with Gasteiger partial charge in [-0.3, -0.25) is 4.79 Å². The summed E-state index contributed by atoms with van der Waals surface area (Å²) in [6.45, 7) is 1.93. The van der Waals surface area contributed by atoms with Gasteiger partial charge in [-0.1, -0.05) is 19.1 Å². The zero-order valence-corrected chi connectivity index (χ0v) is 11.3. The molecule has 1 amide bonds. The highest BCUT2D eigenvalue weighted by Gasteiger charge is 2.21. The summed E-state index contributed by atoms with van der Waals surface area (Å²) in [5, 5.41) is 9.15. The molecule has 0 saturated carbocycles. The second-order valence-electron chi connectivity index (χ2n) is 4.31. The monoisotopic (exact) mass is 273 g/mol. The maximum absolute atomic E-state index is 12.3. The molecule has 0 aliphatic carbocycles. The Morgan fingerprint density at radius 1 is 1.20 bits per heavy atom. The fraction of sp³-hybridized carbons (Fsp3) is 0.200. The summed E-state index contributed by atoms with van der Waals surface area (Å²) in [5.74, 6) is -0.537. The van der Waals surface area contributed by atoms with E-state index in [4.69, 9.17) is 9.52 Å². The first kappa shape index (κ1) is 13.9. The normalized spacial score (nSPS) is 10.3. The van der Waals surface area contributed by atoms with Crippen molar-refractivity contribution >= 4 is 17.6 Å². The molecule has 5 heteroatoms. The first-order chi connectivity index (χ1) is 9.54. The number of aromatic carboxylic acids is 1. The van der Waals surface area contributed by atoms with Gasteiger partial charge in [-0.15, -0.1) is 0 Å². The highest BCUT2D eigenvalue weighted by atomic mass is 16.4. The molecule has 0 atom stereocenters. The maximum atomic E-state index is 12.3. The van der Waals surface area contributed by atoms with Gasteiger partial charge in [-0.05, 0) is 24.3 Å². The largest absolute Gasteiger partial charge is 0.478 e. The summed E-state index contributed by atoms with van der Waals surface area (Å²) in [6, 6.07) is 9.69. The van der Waals surface area contributed by atoms with Crippen LogP contribution in [0.1, 0.15) is 33.6 Å². The number of hydrogen-bond donors (Lipinski definition) is 1. The van der Waals surface area contributed by atoms with Crippen LogP contribution in [-0.2, 0) is 6.42 Å². The number of furan rings is 1. The Hall–Kier alpha value is -2.56. The summed E-state index contributed by atoms with van der Waals surface area (Å²) >= 11 is 0. The molecule has 1 N–H and O–H groups in total. The summed E-state index contributed by atoms with van der Waals surface area (Å²) in [7, 11) is 1.53. The number of hydrogen-bond acceptors (Lipinski definition) is 3. The van der Waals surface area contributed by atoms with Gasteiger partial charge in [0.2, 0.25) is 0 Å². The third-order valence-electron chi connectivity index (χ3n) is 3.02. The van der Waals surface area contributed by atoms with Crippen LogP contribution in [0.4, 0.5) is 5.69 Å². The molecule has 0 spiro atoms. The van der Waals surface area contributed by atoms with E-state index in [1.54, 1.807) is 30.3 Å². The van der Waals surface area contributed by atoms with Crippen molar-refractivity contribution in [3.05, 3.63) is 53.5 Å². The van der Waals surface area contributed by atoms with E-state index in [1.165, 1.54) is 18.0 Å². The Morgan fingerprint density at radius 2 is 1.90 bits per heavy atom. The van der Waals surface area contributed by atoms with E-state index in [0.717, 1.165) is 0 Å². The zero-order valence-electron chi connectivity index (χ0n) is 11.3. The molecule has 5 nitrogen and oxygen atoms in total. The Balaban J connectivity index is 2.33. The van der Waals surface area contributed by atoms with E-state index < -0.39 is 5.97 Å². The molecule has 0 bridgehead atoms. The molecule has 0 fully saturated rings. The number of carbonyl (C=O) groups excluding carboxylic acids is 1. The first-order valence-corrected chi connectivity index (χ1v) is 6.23. The lowest BCUT2D eigenvalue weighted by Crippen LogP contribution is -2.27. The van der Waals surface area contributed by atoms with Gasteiger partial charge in [0, 0.05) is 13.5 Å². The Kier molecular flexibility index (Phi) is 3.89. The number of benzene rings is 1. The quantitative estimate of drug-likeness (QED) is 0.929. The van der Waals surface area contributed by atoms with Crippen LogP contribution in [-0.4, -0.2) is 24.0 Å². The lowest BCUT2D eigenvalue weighted by Gasteiger charge is -2.18. The van der Waals surface area contributed by atoms with Crippen LogP contribution in [0.3, 0.4) is 0 Å². The number of amides is 1. The zero-order chi connectivity index (χ0) is 14.7. The molecule has 0 aliphatic heterocycles. The van der Waals surface area contributed by atoms with Crippen LogP contribution in [0.5, 0.6) is 0 Å².